The molecule has 0 spiro atoms. The van der Waals surface area contributed by atoms with Gasteiger partial charge in [0.05, 0.1) is 17.2 Å². The van der Waals surface area contributed by atoms with Crippen LogP contribution in [0.1, 0.15) is 28.5 Å². The van der Waals surface area contributed by atoms with E-state index >= 15 is 0 Å². The molecule has 2 N–H and O–H groups in total. The van der Waals surface area contributed by atoms with Crippen LogP contribution in [-0.4, -0.2) is 27.7 Å². The molecule has 0 atom stereocenters. The van der Waals surface area contributed by atoms with E-state index in [9.17, 15) is 14.9 Å². The number of anilines is 2. The number of nitro benzene ring substituents is 1. The largest absolute Gasteiger partial charge is 0.462 e. The first kappa shape index (κ1) is 18.1. The zero-order valence-electron chi connectivity index (χ0n) is 14.6. The molecule has 0 fully saturated rings. The number of carbonyl (C=O) groups excluding carboxylic acids is 1. The van der Waals surface area contributed by atoms with Gasteiger partial charge in [0.25, 0.3) is 5.69 Å². The summed E-state index contributed by atoms with van der Waals surface area (Å²) < 4.78 is 5.15. The maximum atomic E-state index is 12.5. The number of hydrogen-bond acceptors (Lipinski definition) is 6. The van der Waals surface area contributed by atoms with E-state index in [1.807, 2.05) is 30.3 Å². The number of aromatic nitrogens is 2. The zero-order chi connectivity index (χ0) is 19.2. The molecule has 3 rings (SSSR count). The number of nitrogens with zero attached hydrogens (tertiary/aromatic N) is 2. The second kappa shape index (κ2) is 8.13. The summed E-state index contributed by atoms with van der Waals surface area (Å²) in [5, 5.41) is 21.1. The molecule has 8 nitrogen and oxygen atoms in total. The average molecular weight is 366 g/mol. The van der Waals surface area contributed by atoms with Crippen molar-refractivity contribution in [2.45, 2.75) is 13.3 Å². The topological polar surface area (TPSA) is 110 Å². The van der Waals surface area contributed by atoms with Crippen molar-refractivity contribution in [2.75, 3.05) is 11.9 Å². The first-order valence-electron chi connectivity index (χ1n) is 8.39. The maximum Gasteiger partial charge on any atom is 0.343 e. The van der Waals surface area contributed by atoms with Crippen LogP contribution in [0.3, 0.4) is 0 Å². The summed E-state index contributed by atoms with van der Waals surface area (Å²) in [7, 11) is 0. The smallest absolute Gasteiger partial charge is 0.343 e. The molecule has 0 saturated heterocycles. The Morgan fingerprint density at radius 1 is 1.19 bits per heavy atom. The maximum absolute atomic E-state index is 12.5. The van der Waals surface area contributed by atoms with Crippen molar-refractivity contribution in [1.82, 2.24) is 10.2 Å². The van der Waals surface area contributed by atoms with E-state index in [0.717, 1.165) is 5.56 Å². The van der Waals surface area contributed by atoms with Crippen molar-refractivity contribution in [1.29, 1.82) is 0 Å². The molecule has 0 radical (unpaired) electrons. The van der Waals surface area contributed by atoms with Gasteiger partial charge in [0.2, 0.25) is 0 Å². The van der Waals surface area contributed by atoms with Gasteiger partial charge in [-0.1, -0.05) is 42.5 Å². The molecule has 0 amide bonds. The normalized spacial score (nSPS) is 10.4. The molecule has 0 bridgehead atoms. The molecular formula is C19H18N4O4. The number of hydrogen-bond donors (Lipinski definition) is 2. The second-order valence-corrected chi connectivity index (χ2v) is 5.71. The number of nitrogens with one attached hydrogen (secondary N) is 2. The molecule has 0 saturated carbocycles. The molecule has 0 unspecified atom stereocenters. The van der Waals surface area contributed by atoms with E-state index in [1.165, 1.54) is 6.07 Å². The monoisotopic (exact) mass is 366 g/mol. The molecule has 27 heavy (non-hydrogen) atoms. The number of nitro groups is 1. The fourth-order valence-electron chi connectivity index (χ4n) is 2.69. The Bertz CT molecular complexity index is 953. The van der Waals surface area contributed by atoms with Crippen LogP contribution in [0.15, 0.2) is 54.6 Å². The van der Waals surface area contributed by atoms with Gasteiger partial charge in [0, 0.05) is 12.5 Å². The summed E-state index contributed by atoms with van der Waals surface area (Å²) in [6.45, 7) is 1.92. The lowest BCUT2D eigenvalue weighted by Gasteiger charge is -2.08. The Hall–Kier alpha value is -3.68. The Morgan fingerprint density at radius 2 is 1.89 bits per heavy atom. The first-order valence-corrected chi connectivity index (χ1v) is 8.39. The van der Waals surface area contributed by atoms with E-state index in [4.69, 9.17) is 4.74 Å². The minimum atomic E-state index is -0.543. The Labute approximate surface area is 155 Å². The third-order valence-electron chi connectivity index (χ3n) is 3.90. The van der Waals surface area contributed by atoms with Crippen LogP contribution >= 0.6 is 0 Å². The predicted molar refractivity (Wildman–Crippen MR) is 100 cm³/mol. The van der Waals surface area contributed by atoms with Crippen molar-refractivity contribution in [3.05, 3.63) is 81.5 Å². The SMILES string of the molecule is CCOC(=O)c1c(Nc2ccccc2[N+](=O)[O-])n[nH]c1Cc1ccccc1. The Morgan fingerprint density at radius 3 is 2.59 bits per heavy atom. The van der Waals surface area contributed by atoms with Crippen LogP contribution in [0, 0.1) is 10.1 Å². The van der Waals surface area contributed by atoms with Crippen molar-refractivity contribution in [3.63, 3.8) is 0 Å². The molecule has 3 aromatic rings. The number of carbonyl (C=O) groups is 1. The molecule has 138 valence electrons. The van der Waals surface area contributed by atoms with Crippen molar-refractivity contribution >= 4 is 23.2 Å². The molecule has 0 aliphatic heterocycles. The van der Waals surface area contributed by atoms with Crippen molar-refractivity contribution in [2.24, 2.45) is 0 Å². The number of benzene rings is 2. The van der Waals surface area contributed by atoms with Gasteiger partial charge in [-0.2, -0.15) is 5.10 Å². The molecule has 0 aliphatic rings. The third-order valence-corrected chi connectivity index (χ3v) is 3.90. The first-order chi connectivity index (χ1) is 13.1. The summed E-state index contributed by atoms with van der Waals surface area (Å²) in [6.07, 6.45) is 0.445. The van der Waals surface area contributed by atoms with E-state index in [1.54, 1.807) is 25.1 Å². The predicted octanol–water partition coefficient (Wildman–Crippen LogP) is 3.83. The van der Waals surface area contributed by atoms with Crippen LogP contribution in [0.4, 0.5) is 17.2 Å². The minimum absolute atomic E-state index is 0.111. The van der Waals surface area contributed by atoms with Gasteiger partial charge in [-0.15, -0.1) is 0 Å². The van der Waals surface area contributed by atoms with Gasteiger partial charge in [0.15, 0.2) is 5.82 Å². The van der Waals surface area contributed by atoms with Crippen LogP contribution in [0.5, 0.6) is 0 Å². The number of esters is 1. The molecule has 0 aliphatic carbocycles. The number of aromatic amines is 1. The molecular weight excluding hydrogens is 348 g/mol. The molecule has 2 aromatic carbocycles. The van der Waals surface area contributed by atoms with Gasteiger partial charge < -0.3 is 10.1 Å². The lowest BCUT2D eigenvalue weighted by Crippen LogP contribution is -2.10. The van der Waals surface area contributed by atoms with Crippen LogP contribution in [-0.2, 0) is 11.2 Å². The second-order valence-electron chi connectivity index (χ2n) is 5.71. The Balaban J connectivity index is 1.98. The highest BCUT2D eigenvalue weighted by atomic mass is 16.6. The fraction of sp³-hybridized carbons (Fsp3) is 0.158. The van der Waals surface area contributed by atoms with Gasteiger partial charge in [-0.25, -0.2) is 4.79 Å². The number of para-hydroxylation sites is 2. The van der Waals surface area contributed by atoms with Gasteiger partial charge in [-0.3, -0.25) is 15.2 Å². The van der Waals surface area contributed by atoms with E-state index in [2.05, 4.69) is 15.5 Å². The van der Waals surface area contributed by atoms with Crippen molar-refractivity contribution in [3.8, 4) is 0 Å². The summed E-state index contributed by atoms with van der Waals surface area (Å²) in [5.41, 5.74) is 1.93. The average Bonchev–Trinajstić information content (AvgIpc) is 3.05. The zero-order valence-corrected chi connectivity index (χ0v) is 14.6. The standard InChI is InChI=1S/C19H18N4O4/c1-2-27-19(24)17-15(12-13-8-4-3-5-9-13)21-22-18(17)20-14-10-6-7-11-16(14)23(25)26/h3-11H,2,12H2,1H3,(H2,20,21,22). The van der Waals surface area contributed by atoms with E-state index in [-0.39, 0.29) is 29.4 Å². The lowest BCUT2D eigenvalue weighted by molar-refractivity contribution is -0.383. The number of H-pyrrole nitrogens is 1. The number of rotatable bonds is 7. The lowest BCUT2D eigenvalue weighted by atomic mass is 10.1. The molecule has 8 heteroatoms. The minimum Gasteiger partial charge on any atom is -0.462 e. The number of ether oxygens (including phenoxy) is 1. The van der Waals surface area contributed by atoms with Crippen LogP contribution < -0.4 is 5.32 Å². The molecule has 1 heterocycles. The fourth-order valence-corrected chi connectivity index (χ4v) is 2.69. The summed E-state index contributed by atoms with van der Waals surface area (Å²) in [6, 6.07) is 15.8. The van der Waals surface area contributed by atoms with Gasteiger partial charge in [-0.05, 0) is 18.6 Å². The van der Waals surface area contributed by atoms with Crippen LogP contribution in [0.25, 0.3) is 0 Å². The highest BCUT2D eigenvalue weighted by Crippen LogP contribution is 2.29. The quantitative estimate of drug-likeness (QED) is 0.373. The van der Waals surface area contributed by atoms with E-state index < -0.39 is 10.9 Å². The highest BCUT2D eigenvalue weighted by molar-refractivity contribution is 5.97. The molecule has 1 aromatic heterocycles. The van der Waals surface area contributed by atoms with Crippen LogP contribution in [0.2, 0.25) is 0 Å². The summed E-state index contributed by atoms with van der Waals surface area (Å²) in [4.78, 5) is 23.2. The summed E-state index contributed by atoms with van der Waals surface area (Å²) in [5.74, 6) is -0.355. The Kier molecular flexibility index (Phi) is 5.46. The summed E-state index contributed by atoms with van der Waals surface area (Å²) >= 11 is 0. The highest BCUT2D eigenvalue weighted by Gasteiger charge is 2.24. The van der Waals surface area contributed by atoms with Gasteiger partial charge in [0.1, 0.15) is 11.3 Å². The van der Waals surface area contributed by atoms with Crippen molar-refractivity contribution < 1.29 is 14.5 Å². The van der Waals surface area contributed by atoms with E-state index in [0.29, 0.717) is 12.1 Å². The van der Waals surface area contributed by atoms with Gasteiger partial charge >= 0.3 is 5.97 Å². The third kappa shape index (κ3) is 4.12.